The Morgan fingerprint density at radius 3 is 2.97 bits per heavy atom. The Hall–Kier alpha value is -4.01. The molecule has 0 bridgehead atoms. The number of nitrogens with zero attached hydrogens (tertiary/aromatic N) is 7. The number of hydrogen-bond donors (Lipinski definition) is 1. The normalized spacial score (nSPS) is 15.7. The van der Waals surface area contributed by atoms with E-state index in [4.69, 9.17) is 9.84 Å². The average Bonchev–Trinajstić information content (AvgIpc) is 3.34. The number of pyridine rings is 1. The maximum atomic E-state index is 6.08. The minimum absolute atomic E-state index is 0.0877. The summed E-state index contributed by atoms with van der Waals surface area (Å²) in [5.41, 5.74) is 3.37. The molecule has 1 aliphatic rings. The highest BCUT2D eigenvalue weighted by Gasteiger charge is 2.23. The summed E-state index contributed by atoms with van der Waals surface area (Å²) < 4.78 is 9.73. The molecule has 1 aromatic carbocycles. The first-order valence-electron chi connectivity index (χ1n) is 9.75. The van der Waals surface area contributed by atoms with Gasteiger partial charge in [0.25, 0.3) is 0 Å². The van der Waals surface area contributed by atoms with Crippen LogP contribution < -0.4 is 10.1 Å². The van der Waals surface area contributed by atoms with Gasteiger partial charge in [-0.3, -0.25) is 4.68 Å². The number of anilines is 1. The number of ether oxygens (including phenoxy) is 1. The highest BCUT2D eigenvalue weighted by Crippen LogP contribution is 2.28. The van der Waals surface area contributed by atoms with E-state index in [0.717, 1.165) is 39.7 Å². The molecule has 0 fully saturated rings. The number of rotatable bonds is 3. The number of para-hydroxylation sites is 1. The van der Waals surface area contributed by atoms with E-state index >= 15 is 0 Å². The topological polar surface area (TPSA) is 95.1 Å². The first-order chi connectivity index (χ1) is 14.8. The van der Waals surface area contributed by atoms with Gasteiger partial charge in [-0.25, -0.2) is 4.98 Å². The third kappa shape index (κ3) is 2.66. The third-order valence-corrected chi connectivity index (χ3v) is 5.30. The molecular formula is C21H18N8O. The van der Waals surface area contributed by atoms with Crippen LogP contribution in [-0.4, -0.2) is 47.2 Å². The van der Waals surface area contributed by atoms with Crippen LogP contribution in [0.2, 0.25) is 0 Å². The fourth-order valence-corrected chi connectivity index (χ4v) is 3.86. The largest absolute Gasteiger partial charge is 0.484 e. The summed E-state index contributed by atoms with van der Waals surface area (Å²) in [6.07, 6.45) is 2.23. The second kappa shape index (κ2) is 6.51. The molecule has 9 nitrogen and oxygen atoms in total. The standard InChI is InChI=1S/C21H18N8O/c1-28-16-6-3-2-5-14(16)20(27-28)15-8-9-18-24-25-19(29(18)26-15)11-13-12-23-21-17(30-13)7-4-10-22-21/h2-10,13H,11-12H2,1H3,(H,22,23). The van der Waals surface area contributed by atoms with Gasteiger partial charge in [0.1, 0.15) is 17.5 Å². The zero-order valence-electron chi connectivity index (χ0n) is 16.2. The molecule has 0 saturated carbocycles. The minimum Gasteiger partial charge on any atom is -0.484 e. The maximum Gasteiger partial charge on any atom is 0.177 e. The summed E-state index contributed by atoms with van der Waals surface area (Å²) in [6.45, 7) is 0.642. The Labute approximate surface area is 171 Å². The van der Waals surface area contributed by atoms with Crippen molar-refractivity contribution in [3.05, 3.63) is 60.6 Å². The van der Waals surface area contributed by atoms with Gasteiger partial charge in [-0.15, -0.1) is 10.2 Å². The van der Waals surface area contributed by atoms with Crippen LogP contribution in [0, 0.1) is 0 Å². The Balaban J connectivity index is 1.36. The van der Waals surface area contributed by atoms with E-state index in [1.54, 1.807) is 10.7 Å². The van der Waals surface area contributed by atoms with E-state index in [0.29, 0.717) is 18.6 Å². The fourth-order valence-electron chi connectivity index (χ4n) is 3.86. The zero-order chi connectivity index (χ0) is 20.1. The molecule has 30 heavy (non-hydrogen) atoms. The van der Waals surface area contributed by atoms with Crippen molar-refractivity contribution in [1.82, 2.24) is 34.6 Å². The van der Waals surface area contributed by atoms with Gasteiger partial charge in [0.2, 0.25) is 0 Å². The Bertz CT molecular complexity index is 1390. The van der Waals surface area contributed by atoms with Crippen LogP contribution in [0.15, 0.2) is 54.7 Å². The Kier molecular flexibility index (Phi) is 3.67. The monoisotopic (exact) mass is 398 g/mol. The predicted octanol–water partition coefficient (Wildman–Crippen LogP) is 2.49. The smallest absolute Gasteiger partial charge is 0.177 e. The van der Waals surface area contributed by atoms with Gasteiger partial charge in [-0.05, 0) is 30.3 Å². The van der Waals surface area contributed by atoms with E-state index in [2.05, 4.69) is 37.7 Å². The van der Waals surface area contributed by atoms with E-state index in [9.17, 15) is 0 Å². The Morgan fingerprint density at radius 2 is 2.00 bits per heavy atom. The lowest BCUT2D eigenvalue weighted by Crippen LogP contribution is -2.33. The number of benzene rings is 1. The molecule has 1 atom stereocenters. The van der Waals surface area contributed by atoms with Crippen LogP contribution in [0.4, 0.5) is 5.82 Å². The molecule has 4 aromatic heterocycles. The van der Waals surface area contributed by atoms with Crippen molar-refractivity contribution in [3.63, 3.8) is 0 Å². The molecule has 6 rings (SSSR count). The van der Waals surface area contributed by atoms with Crippen molar-refractivity contribution >= 4 is 22.4 Å². The molecule has 0 aliphatic carbocycles. The molecule has 0 saturated heterocycles. The van der Waals surface area contributed by atoms with Gasteiger partial charge in [-0.2, -0.15) is 14.7 Å². The Morgan fingerprint density at radius 1 is 1.07 bits per heavy atom. The van der Waals surface area contributed by atoms with Crippen molar-refractivity contribution in [2.45, 2.75) is 12.5 Å². The number of aromatic nitrogens is 7. The third-order valence-electron chi connectivity index (χ3n) is 5.30. The van der Waals surface area contributed by atoms with Crippen LogP contribution in [-0.2, 0) is 13.5 Å². The molecule has 1 N–H and O–H groups in total. The molecule has 1 aliphatic heterocycles. The highest BCUT2D eigenvalue weighted by atomic mass is 16.5. The first kappa shape index (κ1) is 16.9. The first-order valence-corrected chi connectivity index (χ1v) is 9.75. The van der Waals surface area contributed by atoms with Crippen LogP contribution >= 0.6 is 0 Å². The minimum atomic E-state index is -0.0877. The summed E-state index contributed by atoms with van der Waals surface area (Å²) in [4.78, 5) is 4.28. The SMILES string of the molecule is Cn1nc(-c2ccc3nnc(CC4CNc5ncccc5O4)n3n2)c2ccccc21. The lowest BCUT2D eigenvalue weighted by atomic mass is 10.1. The van der Waals surface area contributed by atoms with E-state index in [1.807, 2.05) is 48.1 Å². The van der Waals surface area contributed by atoms with Crippen molar-refractivity contribution in [2.75, 3.05) is 11.9 Å². The second-order valence-corrected chi connectivity index (χ2v) is 7.27. The van der Waals surface area contributed by atoms with Gasteiger partial charge >= 0.3 is 0 Å². The molecule has 5 heterocycles. The van der Waals surface area contributed by atoms with Crippen molar-refractivity contribution in [1.29, 1.82) is 0 Å². The number of aryl methyl sites for hydroxylation is 1. The van der Waals surface area contributed by atoms with Crippen LogP contribution in [0.3, 0.4) is 0 Å². The molecule has 5 aromatic rings. The molecule has 148 valence electrons. The highest BCUT2D eigenvalue weighted by molar-refractivity contribution is 5.92. The lowest BCUT2D eigenvalue weighted by molar-refractivity contribution is 0.202. The van der Waals surface area contributed by atoms with Crippen molar-refractivity contribution in [2.24, 2.45) is 7.05 Å². The summed E-state index contributed by atoms with van der Waals surface area (Å²) in [5, 5.41) is 22.5. The quantitative estimate of drug-likeness (QED) is 0.499. The van der Waals surface area contributed by atoms with Crippen LogP contribution in [0.25, 0.3) is 27.9 Å². The van der Waals surface area contributed by atoms with Crippen LogP contribution in [0.5, 0.6) is 5.75 Å². The van der Waals surface area contributed by atoms with Gasteiger partial charge in [0.05, 0.1) is 12.1 Å². The van der Waals surface area contributed by atoms with E-state index < -0.39 is 0 Å². The molecular weight excluding hydrogens is 380 g/mol. The predicted molar refractivity (Wildman–Crippen MR) is 111 cm³/mol. The molecule has 0 spiro atoms. The van der Waals surface area contributed by atoms with Gasteiger partial charge in [0.15, 0.2) is 23.0 Å². The lowest BCUT2D eigenvalue weighted by Gasteiger charge is -2.25. The molecule has 0 amide bonds. The van der Waals surface area contributed by atoms with Crippen LogP contribution in [0.1, 0.15) is 5.82 Å². The van der Waals surface area contributed by atoms with Gasteiger partial charge < -0.3 is 10.1 Å². The number of hydrogen-bond acceptors (Lipinski definition) is 7. The average molecular weight is 398 g/mol. The zero-order valence-corrected chi connectivity index (χ0v) is 16.2. The summed E-state index contributed by atoms with van der Waals surface area (Å²) in [7, 11) is 1.94. The summed E-state index contributed by atoms with van der Waals surface area (Å²) >= 11 is 0. The van der Waals surface area contributed by atoms with E-state index in [1.165, 1.54) is 0 Å². The van der Waals surface area contributed by atoms with E-state index in [-0.39, 0.29) is 6.10 Å². The molecule has 9 heteroatoms. The van der Waals surface area contributed by atoms with Crippen molar-refractivity contribution < 1.29 is 4.74 Å². The van der Waals surface area contributed by atoms with Gasteiger partial charge in [0, 0.05) is 25.1 Å². The summed E-state index contributed by atoms with van der Waals surface area (Å²) in [5.74, 6) is 2.25. The van der Waals surface area contributed by atoms with Crippen molar-refractivity contribution in [3.8, 4) is 17.1 Å². The maximum absolute atomic E-state index is 6.08. The number of fused-ring (bicyclic) bond motifs is 3. The second-order valence-electron chi connectivity index (χ2n) is 7.27. The van der Waals surface area contributed by atoms with Gasteiger partial charge in [-0.1, -0.05) is 18.2 Å². The molecule has 0 radical (unpaired) electrons. The summed E-state index contributed by atoms with van der Waals surface area (Å²) in [6, 6.07) is 15.7. The number of nitrogens with one attached hydrogen (secondary N) is 1. The fraction of sp³-hybridized carbons (Fsp3) is 0.190. The molecule has 1 unspecified atom stereocenters.